The second-order valence-corrected chi connectivity index (χ2v) is 7.18. The summed E-state index contributed by atoms with van der Waals surface area (Å²) in [6.45, 7) is 5.72. The van der Waals surface area contributed by atoms with E-state index < -0.39 is 5.69 Å². The second kappa shape index (κ2) is 7.92. The van der Waals surface area contributed by atoms with Crippen LogP contribution in [0.2, 0.25) is 0 Å². The van der Waals surface area contributed by atoms with Crippen LogP contribution in [0.4, 0.5) is 0 Å². The van der Waals surface area contributed by atoms with E-state index in [-0.39, 0.29) is 17.3 Å². The number of H-pyrrole nitrogens is 2. The number of rotatable bonds is 5. The molecular weight excluding hydrogens is 346 g/mol. The lowest BCUT2D eigenvalue weighted by Crippen LogP contribution is -2.40. The number of nitrogens with zero attached hydrogens (tertiary/aromatic N) is 1. The zero-order valence-corrected chi connectivity index (χ0v) is 15.9. The Labute approximate surface area is 157 Å². The molecule has 0 amide bonds. The van der Waals surface area contributed by atoms with Crippen molar-refractivity contribution in [1.82, 2.24) is 14.9 Å². The Balaban J connectivity index is 1.75. The van der Waals surface area contributed by atoms with Crippen LogP contribution in [0.15, 0.2) is 27.9 Å². The predicted molar refractivity (Wildman–Crippen MR) is 102 cm³/mol. The average Bonchev–Trinajstić information content (AvgIpc) is 2.63. The summed E-state index contributed by atoms with van der Waals surface area (Å²) < 4.78 is 5.38. The summed E-state index contributed by atoms with van der Waals surface area (Å²) in [6, 6.07) is 3.78. The number of hydrogen-bond acceptors (Lipinski definition) is 5. The van der Waals surface area contributed by atoms with E-state index in [9.17, 15) is 14.4 Å². The number of aryl methyl sites for hydroxylation is 2. The molecule has 1 aliphatic rings. The van der Waals surface area contributed by atoms with E-state index in [0.717, 1.165) is 36.3 Å². The molecule has 1 aliphatic heterocycles. The van der Waals surface area contributed by atoms with Crippen molar-refractivity contribution in [3.05, 3.63) is 61.4 Å². The highest BCUT2D eigenvalue weighted by molar-refractivity contribution is 5.98. The van der Waals surface area contributed by atoms with Crippen molar-refractivity contribution in [2.45, 2.75) is 33.2 Å². The molecule has 0 saturated carbocycles. The molecule has 1 aromatic heterocycles. The van der Waals surface area contributed by atoms with Crippen molar-refractivity contribution in [1.29, 1.82) is 0 Å². The van der Waals surface area contributed by atoms with Gasteiger partial charge in [0.1, 0.15) is 5.75 Å². The molecule has 1 aromatic carbocycles. The third-order valence-electron chi connectivity index (χ3n) is 5.12. The maximum Gasteiger partial charge on any atom is 0.325 e. The number of hydrogen-bond donors (Lipinski definition) is 2. The molecule has 0 aliphatic carbocycles. The first-order chi connectivity index (χ1) is 12.9. The summed E-state index contributed by atoms with van der Waals surface area (Å²) in [5, 5.41) is 0. The van der Waals surface area contributed by atoms with Crippen LogP contribution < -0.4 is 16.0 Å². The van der Waals surface area contributed by atoms with Gasteiger partial charge in [-0.05, 0) is 56.5 Å². The van der Waals surface area contributed by atoms with Crippen molar-refractivity contribution in [2.75, 3.05) is 20.2 Å². The Hall–Kier alpha value is -2.67. The molecule has 2 N–H and O–H groups in total. The molecule has 3 rings (SSSR count). The highest BCUT2D eigenvalue weighted by Gasteiger charge is 2.27. The zero-order chi connectivity index (χ0) is 19.6. The van der Waals surface area contributed by atoms with Gasteiger partial charge in [0.15, 0.2) is 5.78 Å². The topological polar surface area (TPSA) is 95.3 Å². The fraction of sp³-hybridized carbons (Fsp3) is 0.450. The first-order valence-corrected chi connectivity index (χ1v) is 9.11. The first-order valence-electron chi connectivity index (χ1n) is 9.11. The smallest absolute Gasteiger partial charge is 0.325 e. The van der Waals surface area contributed by atoms with Crippen LogP contribution in [0.3, 0.4) is 0 Å². The van der Waals surface area contributed by atoms with Gasteiger partial charge in [-0.1, -0.05) is 0 Å². The minimum atomic E-state index is -0.513. The number of piperidine rings is 1. The number of methoxy groups -OCH3 is 1. The van der Waals surface area contributed by atoms with Crippen LogP contribution >= 0.6 is 0 Å². The molecule has 0 radical (unpaired) electrons. The zero-order valence-electron chi connectivity index (χ0n) is 15.9. The standard InChI is InChI=1S/C20H25N3O4/c1-12-7-15(8-13(2)18(12)27-3)17(24)14-5-4-6-23(10-14)11-16-9-21-20(26)22-19(16)25/h7-9,14H,4-6,10-11H2,1-3H3,(H2,21,22,25,26)/t14-/m1/s1. The summed E-state index contributed by atoms with van der Waals surface area (Å²) in [7, 11) is 1.63. The van der Waals surface area contributed by atoms with Gasteiger partial charge < -0.3 is 9.72 Å². The Morgan fingerprint density at radius 1 is 1.26 bits per heavy atom. The molecule has 1 fully saturated rings. The van der Waals surface area contributed by atoms with Crippen molar-refractivity contribution < 1.29 is 9.53 Å². The van der Waals surface area contributed by atoms with Gasteiger partial charge in [-0.15, -0.1) is 0 Å². The molecule has 144 valence electrons. The van der Waals surface area contributed by atoms with E-state index in [0.29, 0.717) is 24.2 Å². The highest BCUT2D eigenvalue weighted by Crippen LogP contribution is 2.28. The molecule has 1 atom stereocenters. The van der Waals surface area contributed by atoms with Crippen LogP contribution in [-0.2, 0) is 6.54 Å². The number of nitrogens with one attached hydrogen (secondary N) is 2. The predicted octanol–water partition coefficient (Wildman–Crippen LogP) is 1.78. The maximum atomic E-state index is 13.0. The van der Waals surface area contributed by atoms with Crippen LogP contribution in [0.5, 0.6) is 5.75 Å². The van der Waals surface area contributed by atoms with E-state index in [4.69, 9.17) is 4.74 Å². The lowest BCUT2D eigenvalue weighted by Gasteiger charge is -2.31. The van der Waals surface area contributed by atoms with Crippen LogP contribution in [0.1, 0.15) is 39.9 Å². The lowest BCUT2D eigenvalue weighted by molar-refractivity contribution is 0.0811. The first kappa shape index (κ1) is 19.1. The number of benzene rings is 1. The molecule has 0 spiro atoms. The fourth-order valence-corrected chi connectivity index (χ4v) is 3.86. The lowest BCUT2D eigenvalue weighted by atomic mass is 9.88. The van der Waals surface area contributed by atoms with Gasteiger partial charge in [0.25, 0.3) is 5.56 Å². The summed E-state index contributed by atoms with van der Waals surface area (Å²) >= 11 is 0. The van der Waals surface area contributed by atoms with E-state index in [1.54, 1.807) is 7.11 Å². The molecule has 0 unspecified atom stereocenters. The molecule has 1 saturated heterocycles. The van der Waals surface area contributed by atoms with Gasteiger partial charge in [0.05, 0.1) is 7.11 Å². The molecule has 27 heavy (non-hydrogen) atoms. The van der Waals surface area contributed by atoms with E-state index in [1.807, 2.05) is 26.0 Å². The number of aromatic amines is 2. The van der Waals surface area contributed by atoms with Gasteiger partial charge in [-0.3, -0.25) is 19.5 Å². The number of aromatic nitrogens is 2. The number of carbonyl (C=O) groups is 1. The van der Waals surface area contributed by atoms with Crippen molar-refractivity contribution in [3.63, 3.8) is 0 Å². The molecule has 0 bridgehead atoms. The number of ether oxygens (including phenoxy) is 1. The van der Waals surface area contributed by atoms with Crippen LogP contribution in [0.25, 0.3) is 0 Å². The van der Waals surface area contributed by atoms with Gasteiger partial charge in [0, 0.05) is 36.3 Å². The summed E-state index contributed by atoms with van der Waals surface area (Å²) in [4.78, 5) is 42.9. The third-order valence-corrected chi connectivity index (χ3v) is 5.12. The van der Waals surface area contributed by atoms with Crippen molar-refractivity contribution >= 4 is 5.78 Å². The van der Waals surface area contributed by atoms with E-state index in [1.165, 1.54) is 6.20 Å². The second-order valence-electron chi connectivity index (χ2n) is 7.18. The average molecular weight is 371 g/mol. The van der Waals surface area contributed by atoms with Crippen LogP contribution in [0, 0.1) is 19.8 Å². The molecular formula is C20H25N3O4. The van der Waals surface area contributed by atoms with Gasteiger partial charge in [-0.2, -0.15) is 0 Å². The number of Topliss-reactive ketones (excluding diaryl/α,β-unsaturated/α-hetero) is 1. The Bertz CT molecular complexity index is 937. The van der Waals surface area contributed by atoms with E-state index in [2.05, 4.69) is 14.9 Å². The minimum absolute atomic E-state index is 0.104. The van der Waals surface area contributed by atoms with Crippen molar-refractivity contribution in [3.8, 4) is 5.75 Å². The van der Waals surface area contributed by atoms with Gasteiger partial charge >= 0.3 is 5.69 Å². The quantitative estimate of drug-likeness (QED) is 0.781. The Morgan fingerprint density at radius 2 is 1.96 bits per heavy atom. The van der Waals surface area contributed by atoms with Crippen molar-refractivity contribution in [2.24, 2.45) is 5.92 Å². The number of likely N-dealkylation sites (tertiary alicyclic amines) is 1. The van der Waals surface area contributed by atoms with E-state index >= 15 is 0 Å². The largest absolute Gasteiger partial charge is 0.496 e. The summed E-state index contributed by atoms with van der Waals surface area (Å²) in [5.74, 6) is 0.839. The monoisotopic (exact) mass is 371 g/mol. The maximum absolute atomic E-state index is 13.0. The highest BCUT2D eigenvalue weighted by atomic mass is 16.5. The SMILES string of the molecule is COc1c(C)cc(C(=O)[C@@H]2CCCN(Cc3c[nH]c(=O)[nH]c3=O)C2)cc1C. The Morgan fingerprint density at radius 3 is 2.59 bits per heavy atom. The number of carbonyl (C=O) groups excluding carboxylic acids is 1. The van der Waals surface area contributed by atoms with Gasteiger partial charge in [0.2, 0.25) is 0 Å². The minimum Gasteiger partial charge on any atom is -0.496 e. The summed E-state index contributed by atoms with van der Waals surface area (Å²) in [6.07, 6.45) is 3.18. The summed E-state index contributed by atoms with van der Waals surface area (Å²) in [5.41, 5.74) is 2.22. The fourth-order valence-electron chi connectivity index (χ4n) is 3.86. The van der Waals surface area contributed by atoms with Crippen LogP contribution in [-0.4, -0.2) is 40.9 Å². The third kappa shape index (κ3) is 4.19. The molecule has 2 aromatic rings. The molecule has 2 heterocycles. The van der Waals surface area contributed by atoms with Gasteiger partial charge in [-0.25, -0.2) is 4.79 Å². The Kier molecular flexibility index (Phi) is 5.60. The normalized spacial score (nSPS) is 17.7. The molecule has 7 nitrogen and oxygen atoms in total. The molecule has 7 heteroatoms. The number of ketones is 1.